The molecule has 162 valence electrons. The van der Waals surface area contributed by atoms with Crippen LogP contribution in [0.1, 0.15) is 13.3 Å². The van der Waals surface area contributed by atoms with E-state index in [0.29, 0.717) is 40.9 Å². The molecule has 1 N–H and O–H groups in total. The van der Waals surface area contributed by atoms with Gasteiger partial charge >= 0.3 is 0 Å². The summed E-state index contributed by atoms with van der Waals surface area (Å²) in [7, 11) is 0. The van der Waals surface area contributed by atoms with Crippen LogP contribution in [0.25, 0.3) is 33.3 Å². The average Bonchev–Trinajstić information content (AvgIpc) is 3.33. The van der Waals surface area contributed by atoms with Crippen molar-refractivity contribution in [2.24, 2.45) is 0 Å². The van der Waals surface area contributed by atoms with Crippen molar-refractivity contribution in [1.29, 1.82) is 0 Å². The third-order valence-electron chi connectivity index (χ3n) is 5.58. The molecule has 5 rings (SSSR count). The van der Waals surface area contributed by atoms with Gasteiger partial charge in [-0.05, 0) is 37.1 Å². The van der Waals surface area contributed by atoms with Gasteiger partial charge in [0, 0.05) is 46.4 Å². The molecule has 1 atom stereocenters. The molecule has 1 saturated heterocycles. The van der Waals surface area contributed by atoms with Crippen molar-refractivity contribution in [2.75, 3.05) is 18.5 Å². The number of nitrogens with one attached hydrogen (secondary N) is 1. The summed E-state index contributed by atoms with van der Waals surface area (Å²) in [6.07, 6.45) is 5.95. The van der Waals surface area contributed by atoms with Crippen molar-refractivity contribution in [1.82, 2.24) is 24.7 Å². The Bertz CT molecular complexity index is 1340. The molecule has 32 heavy (non-hydrogen) atoms. The van der Waals surface area contributed by atoms with Gasteiger partial charge in [0.05, 0.1) is 25.0 Å². The highest BCUT2D eigenvalue weighted by molar-refractivity contribution is 6.33. The number of rotatable bonds is 5. The lowest BCUT2D eigenvalue weighted by Crippen LogP contribution is -2.24. The number of aromatic nitrogens is 5. The van der Waals surface area contributed by atoms with Gasteiger partial charge in [-0.1, -0.05) is 23.7 Å². The molecule has 4 aromatic rings. The molecule has 0 aliphatic carbocycles. The van der Waals surface area contributed by atoms with Gasteiger partial charge < -0.3 is 10.1 Å². The van der Waals surface area contributed by atoms with Crippen LogP contribution in [0, 0.1) is 0 Å². The van der Waals surface area contributed by atoms with Crippen LogP contribution in [0.3, 0.4) is 0 Å². The van der Waals surface area contributed by atoms with Gasteiger partial charge in [0.2, 0.25) is 5.95 Å². The number of anilines is 1. The number of halogens is 1. The molecule has 0 unspecified atom stereocenters. The van der Waals surface area contributed by atoms with Gasteiger partial charge in [0.25, 0.3) is 5.56 Å². The van der Waals surface area contributed by atoms with E-state index >= 15 is 0 Å². The minimum absolute atomic E-state index is 0.144. The predicted molar refractivity (Wildman–Crippen MR) is 124 cm³/mol. The summed E-state index contributed by atoms with van der Waals surface area (Å²) in [6, 6.07) is 9.46. The van der Waals surface area contributed by atoms with Crippen LogP contribution in [0.2, 0.25) is 5.02 Å². The van der Waals surface area contributed by atoms with E-state index in [9.17, 15) is 4.79 Å². The van der Waals surface area contributed by atoms with Crippen LogP contribution >= 0.6 is 11.6 Å². The molecule has 0 bridgehead atoms. The molecule has 0 radical (unpaired) electrons. The fourth-order valence-electron chi connectivity index (χ4n) is 3.92. The Morgan fingerprint density at radius 1 is 1.16 bits per heavy atom. The van der Waals surface area contributed by atoms with Crippen LogP contribution in [0.5, 0.6) is 0 Å². The molecule has 1 aliphatic rings. The highest BCUT2D eigenvalue weighted by atomic mass is 35.5. The lowest BCUT2D eigenvalue weighted by Gasteiger charge is -2.14. The summed E-state index contributed by atoms with van der Waals surface area (Å²) in [5.74, 6) is 0.496. The molecule has 8 nitrogen and oxygen atoms in total. The van der Waals surface area contributed by atoms with Gasteiger partial charge in [-0.3, -0.25) is 9.36 Å². The first-order valence-electron chi connectivity index (χ1n) is 10.5. The van der Waals surface area contributed by atoms with Gasteiger partial charge in [0.1, 0.15) is 5.65 Å². The molecular formula is C23H21ClN6O2. The predicted octanol–water partition coefficient (Wildman–Crippen LogP) is 3.79. The maximum absolute atomic E-state index is 13.4. The Labute approximate surface area is 189 Å². The van der Waals surface area contributed by atoms with Crippen LogP contribution in [0.4, 0.5) is 5.95 Å². The van der Waals surface area contributed by atoms with Gasteiger partial charge in [-0.25, -0.2) is 4.98 Å². The largest absolute Gasteiger partial charge is 0.379 e. The summed E-state index contributed by atoms with van der Waals surface area (Å²) in [5, 5.41) is 12.3. The van der Waals surface area contributed by atoms with E-state index in [4.69, 9.17) is 16.3 Å². The zero-order chi connectivity index (χ0) is 22.1. The monoisotopic (exact) mass is 448 g/mol. The summed E-state index contributed by atoms with van der Waals surface area (Å²) in [4.78, 5) is 22.4. The Balaban J connectivity index is 1.57. The Kier molecular flexibility index (Phi) is 5.55. The molecule has 3 aromatic heterocycles. The first kappa shape index (κ1) is 20.5. The lowest BCUT2D eigenvalue weighted by molar-refractivity contribution is 0.195. The lowest BCUT2D eigenvalue weighted by atomic mass is 10.0. The van der Waals surface area contributed by atoms with E-state index in [0.717, 1.165) is 29.5 Å². The molecule has 0 saturated carbocycles. The molecule has 0 spiro atoms. The van der Waals surface area contributed by atoms with Crippen LogP contribution < -0.4 is 10.9 Å². The van der Waals surface area contributed by atoms with E-state index in [2.05, 4.69) is 25.5 Å². The first-order valence-corrected chi connectivity index (χ1v) is 10.8. The maximum Gasteiger partial charge on any atom is 0.260 e. The minimum atomic E-state index is -0.144. The number of nitrogens with zero attached hydrogens (tertiary/aromatic N) is 5. The normalized spacial score (nSPS) is 15.9. The number of fused-ring (bicyclic) bond motifs is 1. The van der Waals surface area contributed by atoms with Crippen molar-refractivity contribution in [3.8, 4) is 22.3 Å². The van der Waals surface area contributed by atoms with E-state index in [1.54, 1.807) is 29.2 Å². The summed E-state index contributed by atoms with van der Waals surface area (Å²) in [6.45, 7) is 3.76. The highest BCUT2D eigenvalue weighted by Crippen LogP contribution is 2.31. The van der Waals surface area contributed by atoms with Crippen molar-refractivity contribution in [3.63, 3.8) is 0 Å². The van der Waals surface area contributed by atoms with E-state index in [-0.39, 0.29) is 11.6 Å². The molecule has 4 heterocycles. The molecule has 9 heteroatoms. The van der Waals surface area contributed by atoms with Gasteiger partial charge in [-0.2, -0.15) is 15.2 Å². The third kappa shape index (κ3) is 3.83. The topological polar surface area (TPSA) is 94.8 Å². The minimum Gasteiger partial charge on any atom is -0.379 e. The second-order valence-corrected chi connectivity index (χ2v) is 8.02. The highest BCUT2D eigenvalue weighted by Gasteiger charge is 2.18. The number of pyridine rings is 1. The first-order chi connectivity index (χ1) is 15.6. The zero-order valence-corrected chi connectivity index (χ0v) is 18.2. The Hall–Kier alpha value is -3.36. The number of aryl methyl sites for hydroxylation is 1. The standard InChI is InChI=1S/C23H21ClN6O2/c1-2-30-21-16(11-25-23(29-21)28-17-6-8-32-13-17)9-19(22(30)31)18-4-3-14(10-20(18)24)15-5-7-26-27-12-15/h3-5,7,9-12,17H,2,6,8,13H2,1H3,(H,25,28,29)/t17-/m1/s1. The molecule has 1 aliphatic heterocycles. The summed E-state index contributed by atoms with van der Waals surface area (Å²) in [5.41, 5.74) is 3.43. The number of ether oxygens (including phenoxy) is 1. The van der Waals surface area contributed by atoms with E-state index in [1.807, 2.05) is 31.2 Å². The van der Waals surface area contributed by atoms with E-state index < -0.39 is 0 Å². The SMILES string of the molecule is CCn1c(=O)c(-c2ccc(-c3ccnnc3)cc2Cl)cc2cnc(N[C@@H]3CCOC3)nc21. The van der Waals surface area contributed by atoms with Crippen molar-refractivity contribution in [3.05, 3.63) is 64.3 Å². The maximum atomic E-state index is 13.4. The van der Waals surface area contributed by atoms with Crippen molar-refractivity contribution < 1.29 is 4.74 Å². The van der Waals surface area contributed by atoms with Gasteiger partial charge in [-0.15, -0.1) is 0 Å². The van der Waals surface area contributed by atoms with Crippen molar-refractivity contribution in [2.45, 2.75) is 25.9 Å². The van der Waals surface area contributed by atoms with Crippen LogP contribution in [-0.2, 0) is 11.3 Å². The third-order valence-corrected chi connectivity index (χ3v) is 5.90. The fourth-order valence-corrected chi connectivity index (χ4v) is 4.20. The summed E-state index contributed by atoms with van der Waals surface area (Å²) >= 11 is 6.62. The fraction of sp³-hybridized carbons (Fsp3) is 0.261. The molecule has 1 fully saturated rings. The second kappa shape index (κ2) is 8.64. The Morgan fingerprint density at radius 3 is 2.78 bits per heavy atom. The molecular weight excluding hydrogens is 428 g/mol. The number of hydrogen-bond acceptors (Lipinski definition) is 7. The zero-order valence-electron chi connectivity index (χ0n) is 17.5. The quantitative estimate of drug-likeness (QED) is 0.496. The summed E-state index contributed by atoms with van der Waals surface area (Å²) < 4.78 is 7.05. The second-order valence-electron chi connectivity index (χ2n) is 7.61. The number of benzene rings is 1. The van der Waals surface area contributed by atoms with Crippen LogP contribution in [0.15, 0.2) is 53.7 Å². The Morgan fingerprint density at radius 2 is 2.06 bits per heavy atom. The smallest absolute Gasteiger partial charge is 0.260 e. The van der Waals surface area contributed by atoms with Crippen molar-refractivity contribution >= 4 is 28.6 Å². The molecule has 0 amide bonds. The van der Waals surface area contributed by atoms with Crippen LogP contribution in [-0.4, -0.2) is 44.0 Å². The number of hydrogen-bond donors (Lipinski definition) is 1. The molecule has 1 aromatic carbocycles. The average molecular weight is 449 g/mol. The van der Waals surface area contributed by atoms with Gasteiger partial charge in [0.15, 0.2) is 0 Å². The van der Waals surface area contributed by atoms with E-state index in [1.165, 1.54) is 0 Å².